The van der Waals surface area contributed by atoms with Crippen molar-refractivity contribution in [3.05, 3.63) is 23.8 Å². The number of fused-ring (bicyclic) bond motifs is 1. The van der Waals surface area contributed by atoms with Gasteiger partial charge in [0, 0.05) is 14.0 Å². The van der Waals surface area contributed by atoms with Gasteiger partial charge in [0.15, 0.2) is 0 Å². The molecule has 1 aliphatic rings. The smallest absolute Gasteiger partial charge is 0.239 e. The van der Waals surface area contributed by atoms with Gasteiger partial charge in [0.25, 0.3) is 0 Å². The quantitative estimate of drug-likeness (QED) is 0.669. The summed E-state index contributed by atoms with van der Waals surface area (Å²) in [6.45, 7) is 3.57. The minimum Gasteiger partial charge on any atom is -0.291 e. The second-order valence-corrected chi connectivity index (χ2v) is 3.51. The first-order valence-electron chi connectivity index (χ1n) is 4.51. The number of hydrogen-bond acceptors (Lipinski definition) is 3. The molecule has 0 atom stereocenters. The van der Waals surface area contributed by atoms with Crippen molar-refractivity contribution < 1.29 is 4.79 Å². The van der Waals surface area contributed by atoms with Crippen LogP contribution in [0.3, 0.4) is 0 Å². The monoisotopic (exact) mass is 191 g/mol. The van der Waals surface area contributed by atoms with Gasteiger partial charge in [-0.25, -0.2) is 5.01 Å². The van der Waals surface area contributed by atoms with Gasteiger partial charge in [0.05, 0.1) is 11.4 Å². The van der Waals surface area contributed by atoms with Crippen LogP contribution in [0.5, 0.6) is 0 Å². The molecule has 1 N–H and O–H groups in total. The molecule has 0 unspecified atom stereocenters. The highest BCUT2D eigenvalue weighted by Gasteiger charge is 2.25. The molecular weight excluding hydrogens is 178 g/mol. The van der Waals surface area contributed by atoms with E-state index in [1.165, 1.54) is 17.5 Å². The SMILES string of the molecule is CC(=O)N1NN(C)c2cc(C)ccc21. The molecule has 2 rings (SSSR count). The van der Waals surface area contributed by atoms with Crippen molar-refractivity contribution in [1.82, 2.24) is 5.53 Å². The van der Waals surface area contributed by atoms with Crippen LogP contribution >= 0.6 is 0 Å². The molecule has 0 saturated heterocycles. The average molecular weight is 191 g/mol. The van der Waals surface area contributed by atoms with Crippen molar-refractivity contribution in [3.63, 3.8) is 0 Å². The number of aryl methyl sites for hydroxylation is 1. The molecule has 0 bridgehead atoms. The molecule has 1 heterocycles. The van der Waals surface area contributed by atoms with Crippen molar-refractivity contribution >= 4 is 17.3 Å². The lowest BCUT2D eigenvalue weighted by Crippen LogP contribution is -2.44. The van der Waals surface area contributed by atoms with Crippen molar-refractivity contribution in [2.24, 2.45) is 0 Å². The maximum atomic E-state index is 11.3. The Morgan fingerprint density at radius 3 is 2.71 bits per heavy atom. The summed E-state index contributed by atoms with van der Waals surface area (Å²) in [6.07, 6.45) is 0. The highest BCUT2D eigenvalue weighted by atomic mass is 16.2. The minimum atomic E-state index is -0.0144. The summed E-state index contributed by atoms with van der Waals surface area (Å²) >= 11 is 0. The fraction of sp³-hybridized carbons (Fsp3) is 0.300. The van der Waals surface area contributed by atoms with Crippen molar-refractivity contribution in [2.45, 2.75) is 13.8 Å². The lowest BCUT2D eigenvalue weighted by molar-refractivity contribution is -0.117. The van der Waals surface area contributed by atoms with Gasteiger partial charge < -0.3 is 0 Å². The Bertz CT molecular complexity index is 389. The summed E-state index contributed by atoms with van der Waals surface area (Å²) in [5.41, 5.74) is 6.08. The summed E-state index contributed by atoms with van der Waals surface area (Å²) in [6, 6.07) is 5.99. The number of hydrogen-bond donors (Lipinski definition) is 1. The van der Waals surface area contributed by atoms with E-state index in [1.807, 2.05) is 37.2 Å². The highest BCUT2D eigenvalue weighted by Crippen LogP contribution is 2.32. The van der Waals surface area contributed by atoms with Crippen LogP contribution in [0.4, 0.5) is 11.4 Å². The third kappa shape index (κ3) is 1.24. The molecule has 0 spiro atoms. The van der Waals surface area contributed by atoms with Crippen LogP contribution in [-0.4, -0.2) is 13.0 Å². The van der Waals surface area contributed by atoms with Gasteiger partial charge >= 0.3 is 0 Å². The number of hydrazine groups is 2. The van der Waals surface area contributed by atoms with Gasteiger partial charge in [0.2, 0.25) is 5.91 Å². The van der Waals surface area contributed by atoms with Crippen molar-refractivity contribution in [1.29, 1.82) is 0 Å². The Kier molecular flexibility index (Phi) is 1.93. The zero-order valence-corrected chi connectivity index (χ0v) is 8.53. The van der Waals surface area contributed by atoms with Crippen LogP contribution in [0.2, 0.25) is 0 Å². The predicted molar refractivity (Wildman–Crippen MR) is 55.9 cm³/mol. The number of nitrogens with zero attached hydrogens (tertiary/aromatic N) is 2. The van der Waals surface area contributed by atoms with Crippen LogP contribution in [0.15, 0.2) is 18.2 Å². The molecule has 1 aromatic carbocycles. The fourth-order valence-corrected chi connectivity index (χ4v) is 1.59. The van der Waals surface area contributed by atoms with Crippen LogP contribution in [0.1, 0.15) is 12.5 Å². The van der Waals surface area contributed by atoms with Crippen LogP contribution in [0.25, 0.3) is 0 Å². The Hall–Kier alpha value is -1.55. The summed E-state index contributed by atoms with van der Waals surface area (Å²) in [5, 5.41) is 3.37. The number of amides is 1. The van der Waals surface area contributed by atoms with E-state index >= 15 is 0 Å². The van der Waals surface area contributed by atoms with E-state index in [0.29, 0.717) is 0 Å². The third-order valence-corrected chi connectivity index (χ3v) is 2.30. The number of anilines is 2. The molecule has 1 aromatic rings. The molecule has 0 radical (unpaired) electrons. The van der Waals surface area contributed by atoms with Crippen LogP contribution < -0.4 is 15.6 Å². The second-order valence-electron chi connectivity index (χ2n) is 3.51. The summed E-state index contributed by atoms with van der Waals surface area (Å²) in [4.78, 5) is 11.3. The Morgan fingerprint density at radius 1 is 1.36 bits per heavy atom. The zero-order chi connectivity index (χ0) is 10.3. The molecule has 1 amide bonds. The first kappa shape index (κ1) is 9.02. The van der Waals surface area contributed by atoms with E-state index in [9.17, 15) is 4.79 Å². The molecule has 0 fully saturated rings. The Morgan fingerprint density at radius 2 is 2.07 bits per heavy atom. The number of nitrogens with one attached hydrogen (secondary N) is 1. The van der Waals surface area contributed by atoms with E-state index in [0.717, 1.165) is 11.4 Å². The first-order valence-corrected chi connectivity index (χ1v) is 4.51. The van der Waals surface area contributed by atoms with Gasteiger partial charge in [-0.1, -0.05) is 6.07 Å². The Labute approximate surface area is 83.1 Å². The van der Waals surface area contributed by atoms with Crippen molar-refractivity contribution in [3.8, 4) is 0 Å². The molecule has 4 heteroatoms. The summed E-state index contributed by atoms with van der Waals surface area (Å²) in [5.74, 6) is -0.0144. The lowest BCUT2D eigenvalue weighted by atomic mass is 10.2. The molecule has 0 aromatic heterocycles. The predicted octanol–water partition coefficient (Wildman–Crippen LogP) is 1.22. The molecule has 0 saturated carbocycles. The van der Waals surface area contributed by atoms with Crippen molar-refractivity contribution in [2.75, 3.05) is 17.1 Å². The Balaban J connectivity index is 2.49. The lowest BCUT2D eigenvalue weighted by Gasteiger charge is -2.15. The molecule has 14 heavy (non-hydrogen) atoms. The van der Waals surface area contributed by atoms with E-state index in [-0.39, 0.29) is 5.91 Å². The molecular formula is C10H13N3O. The maximum Gasteiger partial charge on any atom is 0.239 e. The third-order valence-electron chi connectivity index (χ3n) is 2.30. The minimum absolute atomic E-state index is 0.0144. The van der Waals surface area contributed by atoms with Gasteiger partial charge in [-0.15, -0.1) is 5.53 Å². The first-order chi connectivity index (χ1) is 6.59. The number of benzene rings is 1. The van der Waals surface area contributed by atoms with Crippen LogP contribution in [-0.2, 0) is 4.79 Å². The molecule has 0 aliphatic carbocycles. The second kappa shape index (κ2) is 2.99. The summed E-state index contributed by atoms with van der Waals surface area (Å²) in [7, 11) is 1.89. The summed E-state index contributed by atoms with van der Waals surface area (Å²) < 4.78 is 0. The normalized spacial score (nSPS) is 14.5. The van der Waals surface area contributed by atoms with E-state index in [2.05, 4.69) is 5.53 Å². The standard InChI is InChI=1S/C10H13N3O/c1-7-4-5-9-10(6-7)12(3)11-13(9)8(2)14/h4-6,11H,1-3H3. The van der Waals surface area contributed by atoms with E-state index in [1.54, 1.807) is 0 Å². The number of carbonyl (C=O) groups excluding carboxylic acids is 1. The van der Waals surface area contributed by atoms with Gasteiger partial charge in [0.1, 0.15) is 0 Å². The highest BCUT2D eigenvalue weighted by molar-refractivity contribution is 5.96. The van der Waals surface area contributed by atoms with Crippen LogP contribution in [0, 0.1) is 6.92 Å². The molecule has 1 aliphatic heterocycles. The fourth-order valence-electron chi connectivity index (χ4n) is 1.59. The maximum absolute atomic E-state index is 11.3. The largest absolute Gasteiger partial charge is 0.291 e. The van der Waals surface area contributed by atoms with E-state index in [4.69, 9.17) is 0 Å². The number of rotatable bonds is 0. The average Bonchev–Trinajstić information content (AvgIpc) is 2.44. The van der Waals surface area contributed by atoms with E-state index < -0.39 is 0 Å². The van der Waals surface area contributed by atoms with Gasteiger partial charge in [-0.05, 0) is 24.6 Å². The van der Waals surface area contributed by atoms with Gasteiger partial charge in [-0.2, -0.15) is 0 Å². The topological polar surface area (TPSA) is 35.6 Å². The molecule has 4 nitrogen and oxygen atoms in total. The molecule has 74 valence electrons. The number of carbonyl (C=O) groups is 1. The van der Waals surface area contributed by atoms with Gasteiger partial charge in [-0.3, -0.25) is 9.80 Å². The zero-order valence-electron chi connectivity index (χ0n) is 8.53.